The van der Waals surface area contributed by atoms with Gasteiger partial charge in [0.25, 0.3) is 0 Å². The van der Waals surface area contributed by atoms with Gasteiger partial charge in [0.1, 0.15) is 5.56 Å². The van der Waals surface area contributed by atoms with Crippen LogP contribution in [0.15, 0.2) is 48.5 Å². The van der Waals surface area contributed by atoms with Crippen molar-refractivity contribution >= 4 is 36.5 Å². The molecule has 2 aromatic rings. The second-order valence-corrected chi connectivity index (χ2v) is 8.08. The van der Waals surface area contributed by atoms with Crippen molar-refractivity contribution in [1.29, 1.82) is 0 Å². The lowest BCUT2D eigenvalue weighted by atomic mass is 10.1. The topological polar surface area (TPSA) is 34.1 Å². The van der Waals surface area contributed by atoms with Gasteiger partial charge in [-0.15, -0.1) is 0 Å². The van der Waals surface area contributed by atoms with E-state index >= 15 is 0 Å². The van der Waals surface area contributed by atoms with Crippen molar-refractivity contribution in [3.05, 3.63) is 69.7 Å². The van der Waals surface area contributed by atoms with E-state index in [0.717, 1.165) is 32.1 Å². The number of halogens is 2. The molecule has 2 nitrogen and oxygen atoms in total. The van der Waals surface area contributed by atoms with E-state index in [1.165, 1.54) is 5.56 Å². The van der Waals surface area contributed by atoms with E-state index in [0.29, 0.717) is 6.16 Å². The molecule has 5 heteroatoms. The molecular formula is C19H20Cl2O2P+. The quantitative estimate of drug-likeness (QED) is 0.355. The van der Waals surface area contributed by atoms with E-state index in [-0.39, 0.29) is 15.6 Å². The number of rotatable bonds is 9. The highest BCUT2D eigenvalue weighted by atomic mass is 35.5. The summed E-state index contributed by atoms with van der Waals surface area (Å²) in [6, 6.07) is 15.2. The van der Waals surface area contributed by atoms with Crippen LogP contribution in [0.3, 0.4) is 0 Å². The number of carbonyl (C=O) groups is 1. The molecule has 0 bridgehead atoms. The van der Waals surface area contributed by atoms with Crippen LogP contribution in [0.25, 0.3) is 0 Å². The lowest BCUT2D eigenvalue weighted by molar-refractivity contribution is 0.107. The molecule has 0 fully saturated rings. The van der Waals surface area contributed by atoms with Gasteiger partial charge in [-0.25, -0.2) is 4.79 Å². The Bertz CT molecular complexity index is 682. The lowest BCUT2D eigenvalue weighted by Crippen LogP contribution is -1.98. The van der Waals surface area contributed by atoms with E-state index in [2.05, 4.69) is 12.1 Å². The highest BCUT2D eigenvalue weighted by molar-refractivity contribution is 7.64. The van der Waals surface area contributed by atoms with E-state index in [1.807, 2.05) is 18.2 Å². The van der Waals surface area contributed by atoms with Crippen molar-refractivity contribution in [3.8, 4) is 0 Å². The molecule has 1 atom stereocenters. The van der Waals surface area contributed by atoms with E-state index < -0.39 is 13.3 Å². The van der Waals surface area contributed by atoms with E-state index in [1.54, 1.807) is 18.2 Å². The summed E-state index contributed by atoms with van der Waals surface area (Å²) in [5.41, 5.74) is 1.09. The number of benzene rings is 2. The van der Waals surface area contributed by atoms with Gasteiger partial charge >= 0.3 is 13.3 Å². The maximum atomic E-state index is 12.2. The van der Waals surface area contributed by atoms with Gasteiger partial charge in [-0.2, -0.15) is 0 Å². The van der Waals surface area contributed by atoms with Crippen LogP contribution >= 0.6 is 31.0 Å². The minimum atomic E-state index is -1.97. The molecule has 2 rings (SSSR count). The molecule has 126 valence electrons. The average Bonchev–Trinajstić information content (AvgIpc) is 2.58. The highest BCUT2D eigenvalue weighted by Gasteiger charge is 2.32. The van der Waals surface area contributed by atoms with E-state index in [4.69, 9.17) is 23.2 Å². The van der Waals surface area contributed by atoms with Crippen molar-refractivity contribution in [1.82, 2.24) is 0 Å². The predicted octanol–water partition coefficient (Wildman–Crippen LogP) is 6.76. The number of aryl methyl sites for hydroxylation is 1. The molecule has 0 saturated carbocycles. The first-order valence-corrected chi connectivity index (χ1v) is 10.3. The monoisotopic (exact) mass is 381 g/mol. The Morgan fingerprint density at radius 2 is 1.46 bits per heavy atom. The average molecular weight is 382 g/mol. The number of hydrogen-bond acceptors (Lipinski definition) is 2. The minimum Gasteiger partial charge on any atom is -0.234 e. The first-order valence-electron chi connectivity index (χ1n) is 8.06. The molecular weight excluding hydrogens is 362 g/mol. The van der Waals surface area contributed by atoms with Crippen LogP contribution in [0.1, 0.15) is 41.6 Å². The molecule has 0 aliphatic heterocycles. The van der Waals surface area contributed by atoms with Gasteiger partial charge in [-0.3, -0.25) is 0 Å². The summed E-state index contributed by atoms with van der Waals surface area (Å²) in [7, 11) is -1.97. The molecule has 0 aromatic heterocycles. The number of unbranched alkanes of at least 4 members (excludes halogenated alkanes) is 3. The molecule has 0 radical (unpaired) electrons. The molecule has 0 heterocycles. The standard InChI is InChI=1S/C19H20Cl2O2P/c20-16-12-8-13-17(21)18(16)19(22)24(23)14-7-2-1-4-9-15-10-5-3-6-11-15/h3,5-6,8,10-13H,1-2,4,7,9,14H2/q+1. The normalized spacial score (nSPS) is 11.3. The van der Waals surface area contributed by atoms with Gasteiger partial charge in [0.05, 0.1) is 10.0 Å². The van der Waals surface area contributed by atoms with Crippen LogP contribution < -0.4 is 0 Å². The molecule has 2 aromatic carbocycles. The Morgan fingerprint density at radius 3 is 2.12 bits per heavy atom. The Morgan fingerprint density at radius 1 is 0.833 bits per heavy atom. The zero-order valence-electron chi connectivity index (χ0n) is 13.4. The first-order chi connectivity index (χ1) is 11.6. The second kappa shape index (κ2) is 9.93. The zero-order chi connectivity index (χ0) is 17.4. The van der Waals surface area contributed by atoms with Crippen LogP contribution in [0.4, 0.5) is 0 Å². The predicted molar refractivity (Wildman–Crippen MR) is 102 cm³/mol. The third-order valence-electron chi connectivity index (χ3n) is 3.82. The third-order valence-corrected chi connectivity index (χ3v) is 5.85. The Kier molecular flexibility index (Phi) is 7.91. The third kappa shape index (κ3) is 5.70. The van der Waals surface area contributed by atoms with Gasteiger partial charge in [-0.1, -0.05) is 70.6 Å². The summed E-state index contributed by atoms with van der Waals surface area (Å²) >= 11 is 12.0. The van der Waals surface area contributed by atoms with Crippen molar-refractivity contribution in [2.24, 2.45) is 0 Å². The minimum absolute atomic E-state index is 0.186. The highest BCUT2D eigenvalue weighted by Crippen LogP contribution is 2.35. The summed E-state index contributed by atoms with van der Waals surface area (Å²) in [5.74, 6) is 0. The van der Waals surface area contributed by atoms with Gasteiger partial charge in [0.15, 0.2) is 6.16 Å². The maximum Gasteiger partial charge on any atom is 0.420 e. The van der Waals surface area contributed by atoms with Gasteiger partial charge in [-0.05, 0) is 43.4 Å². The molecule has 0 saturated heterocycles. The van der Waals surface area contributed by atoms with Crippen LogP contribution in [-0.4, -0.2) is 11.7 Å². The van der Waals surface area contributed by atoms with Crippen LogP contribution in [0.2, 0.25) is 10.0 Å². The fraction of sp³-hybridized carbons (Fsp3) is 0.316. The van der Waals surface area contributed by atoms with Gasteiger partial charge in [0, 0.05) is 0 Å². The van der Waals surface area contributed by atoms with E-state index in [9.17, 15) is 9.36 Å². The van der Waals surface area contributed by atoms with Gasteiger partial charge in [0.2, 0.25) is 0 Å². The summed E-state index contributed by atoms with van der Waals surface area (Å²) in [5, 5.41) is 0.525. The van der Waals surface area contributed by atoms with Crippen molar-refractivity contribution in [2.75, 3.05) is 6.16 Å². The summed E-state index contributed by atoms with van der Waals surface area (Å²) in [6.07, 6.45) is 5.36. The molecule has 0 aliphatic rings. The lowest BCUT2D eigenvalue weighted by Gasteiger charge is -2.01. The maximum absolute atomic E-state index is 12.2. The van der Waals surface area contributed by atoms with Crippen LogP contribution in [0, 0.1) is 0 Å². The molecule has 24 heavy (non-hydrogen) atoms. The molecule has 0 aliphatic carbocycles. The van der Waals surface area contributed by atoms with Gasteiger partial charge < -0.3 is 0 Å². The Balaban J connectivity index is 1.70. The number of hydrogen-bond donors (Lipinski definition) is 0. The molecule has 0 N–H and O–H groups in total. The second-order valence-electron chi connectivity index (χ2n) is 5.65. The van der Waals surface area contributed by atoms with Crippen molar-refractivity contribution in [3.63, 3.8) is 0 Å². The fourth-order valence-corrected chi connectivity index (χ4v) is 4.42. The molecule has 0 spiro atoms. The Labute approximate surface area is 154 Å². The summed E-state index contributed by atoms with van der Waals surface area (Å²) < 4.78 is 12.2. The van der Waals surface area contributed by atoms with Crippen molar-refractivity contribution in [2.45, 2.75) is 32.1 Å². The Hall–Kier alpha value is -1.21. The number of carbonyl (C=O) groups excluding carboxylic acids is 1. The summed E-state index contributed by atoms with van der Waals surface area (Å²) in [6.45, 7) is 0. The molecule has 1 unspecified atom stereocenters. The first kappa shape index (κ1) is 19.1. The zero-order valence-corrected chi connectivity index (χ0v) is 15.8. The molecule has 0 amide bonds. The SMILES string of the molecule is O=C(c1c(Cl)cccc1Cl)[P+](=O)CCCCCCc1ccccc1. The largest absolute Gasteiger partial charge is 0.420 e. The fourth-order valence-electron chi connectivity index (χ4n) is 2.51. The summed E-state index contributed by atoms with van der Waals surface area (Å²) in [4.78, 5) is 12.2. The van der Waals surface area contributed by atoms with Crippen LogP contribution in [0.5, 0.6) is 0 Å². The smallest absolute Gasteiger partial charge is 0.234 e. The van der Waals surface area contributed by atoms with Crippen LogP contribution in [-0.2, 0) is 11.0 Å². The van der Waals surface area contributed by atoms with Crippen molar-refractivity contribution < 1.29 is 9.36 Å².